The van der Waals surface area contributed by atoms with Gasteiger partial charge in [0.25, 0.3) is 5.91 Å². The predicted molar refractivity (Wildman–Crippen MR) is 70.2 cm³/mol. The van der Waals surface area contributed by atoms with E-state index in [1.54, 1.807) is 7.05 Å². The quantitative estimate of drug-likeness (QED) is 0.877. The van der Waals surface area contributed by atoms with E-state index in [4.69, 9.17) is 0 Å². The molecule has 0 radical (unpaired) electrons. The fourth-order valence-electron chi connectivity index (χ4n) is 1.40. The Bertz CT molecular complexity index is 421. The van der Waals surface area contributed by atoms with Gasteiger partial charge in [0.1, 0.15) is 0 Å². The maximum atomic E-state index is 14.1. The molecule has 0 unspecified atom stereocenters. The first-order valence-electron chi connectivity index (χ1n) is 6.14. The van der Waals surface area contributed by atoms with Crippen LogP contribution in [0.1, 0.15) is 37.6 Å². The van der Waals surface area contributed by atoms with Gasteiger partial charge in [-0.1, -0.05) is 6.92 Å². The van der Waals surface area contributed by atoms with Crippen molar-refractivity contribution < 1.29 is 9.18 Å². The molecule has 1 aromatic heterocycles. The lowest BCUT2D eigenvalue weighted by molar-refractivity contribution is 0.0750. The molecule has 0 saturated carbocycles. The monoisotopic (exact) mass is 253 g/mol. The van der Waals surface area contributed by atoms with Gasteiger partial charge in [-0.25, -0.2) is 9.37 Å². The first kappa shape index (κ1) is 14.4. The second-order valence-electron chi connectivity index (χ2n) is 4.46. The van der Waals surface area contributed by atoms with E-state index >= 15 is 0 Å². The molecule has 0 saturated heterocycles. The number of hydrogen-bond donors (Lipinski definition) is 1. The summed E-state index contributed by atoms with van der Waals surface area (Å²) in [6.45, 7) is 6.37. The summed E-state index contributed by atoms with van der Waals surface area (Å²) >= 11 is 0. The first-order chi connectivity index (χ1) is 8.49. The molecule has 1 heterocycles. The first-order valence-corrected chi connectivity index (χ1v) is 6.14. The average Bonchev–Trinajstić information content (AvgIpc) is 2.35. The van der Waals surface area contributed by atoms with Crippen LogP contribution in [-0.4, -0.2) is 35.4 Å². The number of pyridine rings is 1. The Hall–Kier alpha value is -1.65. The van der Waals surface area contributed by atoms with Crippen molar-refractivity contribution in [2.45, 2.75) is 33.2 Å². The van der Waals surface area contributed by atoms with Crippen LogP contribution in [0.5, 0.6) is 0 Å². The van der Waals surface area contributed by atoms with Gasteiger partial charge in [-0.3, -0.25) is 4.79 Å². The van der Waals surface area contributed by atoms with Crippen LogP contribution in [0, 0.1) is 5.82 Å². The van der Waals surface area contributed by atoms with Crippen molar-refractivity contribution in [1.82, 2.24) is 9.88 Å². The Balaban J connectivity index is 2.99. The molecular weight excluding hydrogens is 233 g/mol. The lowest BCUT2D eigenvalue weighted by Crippen LogP contribution is -2.33. The summed E-state index contributed by atoms with van der Waals surface area (Å²) in [4.78, 5) is 17.5. The average molecular weight is 253 g/mol. The van der Waals surface area contributed by atoms with E-state index in [1.807, 2.05) is 20.8 Å². The van der Waals surface area contributed by atoms with Gasteiger partial charge >= 0.3 is 0 Å². The molecule has 1 aromatic rings. The Morgan fingerprint density at radius 2 is 2.22 bits per heavy atom. The molecule has 4 nitrogen and oxygen atoms in total. The SMILES string of the molecule is CCCNc1nccc(C(=O)N(C)C(C)C)c1F. The lowest BCUT2D eigenvalue weighted by atomic mass is 10.2. The number of anilines is 1. The summed E-state index contributed by atoms with van der Waals surface area (Å²) in [6, 6.07) is 1.44. The van der Waals surface area contributed by atoms with Crippen LogP contribution in [0.2, 0.25) is 0 Å². The van der Waals surface area contributed by atoms with E-state index in [-0.39, 0.29) is 23.3 Å². The number of nitrogens with one attached hydrogen (secondary N) is 1. The number of halogens is 1. The normalized spacial score (nSPS) is 10.6. The van der Waals surface area contributed by atoms with E-state index in [1.165, 1.54) is 17.2 Å². The van der Waals surface area contributed by atoms with Crippen molar-refractivity contribution in [2.75, 3.05) is 18.9 Å². The Kier molecular flexibility index (Phi) is 5.07. The molecule has 5 heteroatoms. The highest BCUT2D eigenvalue weighted by atomic mass is 19.1. The van der Waals surface area contributed by atoms with E-state index in [0.717, 1.165) is 6.42 Å². The minimum Gasteiger partial charge on any atom is -0.368 e. The molecule has 0 bridgehead atoms. The van der Waals surface area contributed by atoms with Crippen molar-refractivity contribution in [3.63, 3.8) is 0 Å². The van der Waals surface area contributed by atoms with Crippen molar-refractivity contribution >= 4 is 11.7 Å². The zero-order chi connectivity index (χ0) is 13.7. The van der Waals surface area contributed by atoms with Gasteiger partial charge in [-0.15, -0.1) is 0 Å². The number of carbonyl (C=O) groups excluding carboxylic acids is 1. The van der Waals surface area contributed by atoms with Crippen LogP contribution in [0.25, 0.3) is 0 Å². The summed E-state index contributed by atoms with van der Waals surface area (Å²) in [6.07, 6.45) is 2.31. The Morgan fingerprint density at radius 3 is 2.78 bits per heavy atom. The Morgan fingerprint density at radius 1 is 1.56 bits per heavy atom. The van der Waals surface area contributed by atoms with Crippen molar-refractivity contribution in [1.29, 1.82) is 0 Å². The number of hydrogen-bond acceptors (Lipinski definition) is 3. The molecule has 18 heavy (non-hydrogen) atoms. The van der Waals surface area contributed by atoms with E-state index in [2.05, 4.69) is 10.3 Å². The molecule has 0 fully saturated rings. The zero-order valence-corrected chi connectivity index (χ0v) is 11.3. The van der Waals surface area contributed by atoms with E-state index in [0.29, 0.717) is 6.54 Å². The summed E-state index contributed by atoms with van der Waals surface area (Å²) in [5, 5.41) is 2.87. The minimum atomic E-state index is -0.580. The highest BCUT2D eigenvalue weighted by Gasteiger charge is 2.20. The molecule has 0 aromatic carbocycles. The number of amides is 1. The summed E-state index contributed by atoms with van der Waals surface area (Å²) < 4.78 is 14.1. The van der Waals surface area contributed by atoms with Crippen LogP contribution < -0.4 is 5.32 Å². The minimum absolute atomic E-state index is 0.0251. The number of rotatable bonds is 5. The summed E-state index contributed by atoms with van der Waals surface area (Å²) in [7, 11) is 1.66. The van der Waals surface area contributed by atoms with Crippen LogP contribution in [0.4, 0.5) is 10.2 Å². The van der Waals surface area contributed by atoms with Crippen molar-refractivity contribution in [2.24, 2.45) is 0 Å². The van der Waals surface area contributed by atoms with Crippen LogP contribution in [0.15, 0.2) is 12.3 Å². The highest BCUT2D eigenvalue weighted by molar-refractivity contribution is 5.95. The fraction of sp³-hybridized carbons (Fsp3) is 0.538. The third kappa shape index (κ3) is 3.18. The van der Waals surface area contributed by atoms with Gasteiger partial charge in [0.05, 0.1) is 5.56 Å². The third-order valence-corrected chi connectivity index (χ3v) is 2.76. The molecule has 100 valence electrons. The molecule has 1 amide bonds. The molecule has 0 aliphatic heterocycles. The molecular formula is C13H20FN3O. The topological polar surface area (TPSA) is 45.2 Å². The Labute approximate surface area is 107 Å². The largest absolute Gasteiger partial charge is 0.368 e. The van der Waals surface area contributed by atoms with Gasteiger partial charge in [0.15, 0.2) is 11.6 Å². The number of aromatic nitrogens is 1. The molecule has 0 aliphatic carbocycles. The summed E-state index contributed by atoms with van der Waals surface area (Å²) in [5.74, 6) is -0.771. The molecule has 0 aliphatic rings. The third-order valence-electron chi connectivity index (χ3n) is 2.76. The van der Waals surface area contributed by atoms with Gasteiger partial charge < -0.3 is 10.2 Å². The maximum Gasteiger partial charge on any atom is 0.257 e. The highest BCUT2D eigenvalue weighted by Crippen LogP contribution is 2.17. The van der Waals surface area contributed by atoms with E-state index < -0.39 is 5.82 Å². The van der Waals surface area contributed by atoms with E-state index in [9.17, 15) is 9.18 Å². The maximum absolute atomic E-state index is 14.1. The van der Waals surface area contributed by atoms with Gasteiger partial charge in [0.2, 0.25) is 0 Å². The zero-order valence-electron chi connectivity index (χ0n) is 11.3. The van der Waals surface area contributed by atoms with Crippen LogP contribution in [-0.2, 0) is 0 Å². The molecule has 0 spiro atoms. The van der Waals surface area contributed by atoms with Crippen LogP contribution in [0.3, 0.4) is 0 Å². The lowest BCUT2D eigenvalue weighted by Gasteiger charge is -2.22. The van der Waals surface area contributed by atoms with Crippen molar-refractivity contribution in [3.8, 4) is 0 Å². The van der Waals surface area contributed by atoms with Gasteiger partial charge in [0, 0.05) is 25.8 Å². The predicted octanol–water partition coefficient (Wildman–Crippen LogP) is 2.52. The second kappa shape index (κ2) is 6.33. The van der Waals surface area contributed by atoms with Crippen LogP contribution >= 0.6 is 0 Å². The standard InChI is InChI=1S/C13H20FN3O/c1-5-7-15-12-11(14)10(6-8-16-12)13(18)17(4)9(2)3/h6,8-9H,5,7H2,1-4H3,(H,15,16). The molecule has 1 N–H and O–H groups in total. The van der Waals surface area contributed by atoms with Crippen molar-refractivity contribution in [3.05, 3.63) is 23.6 Å². The molecule has 0 atom stereocenters. The molecule has 1 rings (SSSR count). The van der Waals surface area contributed by atoms with Gasteiger partial charge in [-0.2, -0.15) is 0 Å². The fourth-order valence-corrected chi connectivity index (χ4v) is 1.40. The van der Waals surface area contributed by atoms with Gasteiger partial charge in [-0.05, 0) is 26.3 Å². The smallest absolute Gasteiger partial charge is 0.257 e. The second-order valence-corrected chi connectivity index (χ2v) is 4.46. The number of nitrogens with zero attached hydrogens (tertiary/aromatic N) is 2. The summed E-state index contributed by atoms with van der Waals surface area (Å²) in [5.41, 5.74) is 0.0554. The number of carbonyl (C=O) groups is 1.